The number of rotatable bonds is 1. The van der Waals surface area contributed by atoms with Crippen LogP contribution >= 0.6 is 15.9 Å². The van der Waals surface area contributed by atoms with Gasteiger partial charge >= 0.3 is 0 Å². The number of aryl methyl sites for hydroxylation is 1. The van der Waals surface area contributed by atoms with Gasteiger partial charge in [-0.1, -0.05) is 0 Å². The quantitative estimate of drug-likeness (QED) is 0.743. The second-order valence-corrected chi connectivity index (χ2v) is 4.50. The van der Waals surface area contributed by atoms with Crippen LogP contribution in [-0.4, -0.2) is 19.7 Å². The van der Waals surface area contributed by atoms with Gasteiger partial charge < -0.3 is 4.98 Å². The molecule has 80 valence electrons. The van der Waals surface area contributed by atoms with E-state index in [1.165, 1.54) is 0 Å². The molecule has 5 heteroatoms. The molecule has 16 heavy (non-hydrogen) atoms. The molecule has 0 aliphatic heterocycles. The molecule has 0 aliphatic rings. The van der Waals surface area contributed by atoms with E-state index in [1.807, 2.05) is 25.5 Å². The van der Waals surface area contributed by atoms with Crippen LogP contribution in [0.15, 0.2) is 35.2 Å². The zero-order chi connectivity index (χ0) is 11.1. The lowest BCUT2D eigenvalue weighted by atomic mass is 10.2. The first-order valence-corrected chi connectivity index (χ1v) is 5.65. The number of H-pyrrole nitrogens is 1. The molecule has 0 atom stereocenters. The van der Waals surface area contributed by atoms with Gasteiger partial charge in [-0.2, -0.15) is 5.10 Å². The van der Waals surface area contributed by atoms with Crippen LogP contribution in [0.4, 0.5) is 0 Å². The molecule has 0 radical (unpaired) electrons. The number of pyridine rings is 1. The highest BCUT2D eigenvalue weighted by atomic mass is 79.9. The Bertz CT molecular complexity index is 653. The summed E-state index contributed by atoms with van der Waals surface area (Å²) >= 11 is 3.51. The number of nitrogens with one attached hydrogen (secondary N) is 1. The van der Waals surface area contributed by atoms with Gasteiger partial charge in [0.25, 0.3) is 0 Å². The maximum atomic E-state index is 4.28. The smallest absolute Gasteiger partial charge is 0.138 e. The van der Waals surface area contributed by atoms with Gasteiger partial charge in [-0.15, -0.1) is 0 Å². The third kappa shape index (κ3) is 1.44. The number of hydrogen-bond acceptors (Lipinski definition) is 2. The molecule has 0 saturated carbocycles. The first-order chi connectivity index (χ1) is 7.74. The summed E-state index contributed by atoms with van der Waals surface area (Å²) in [6.07, 6.45) is 5.58. The maximum absolute atomic E-state index is 4.28. The van der Waals surface area contributed by atoms with Crippen molar-refractivity contribution in [1.82, 2.24) is 19.7 Å². The minimum absolute atomic E-state index is 0.883. The third-order valence-electron chi connectivity index (χ3n) is 2.49. The van der Waals surface area contributed by atoms with Crippen molar-refractivity contribution < 1.29 is 0 Å². The van der Waals surface area contributed by atoms with E-state index in [4.69, 9.17) is 0 Å². The predicted octanol–water partition coefficient (Wildman–Crippen LogP) is 2.73. The van der Waals surface area contributed by atoms with Crippen LogP contribution in [0.25, 0.3) is 22.3 Å². The summed E-state index contributed by atoms with van der Waals surface area (Å²) in [4.78, 5) is 7.55. The summed E-state index contributed by atoms with van der Waals surface area (Å²) in [6, 6.07) is 4.01. The van der Waals surface area contributed by atoms with Crippen molar-refractivity contribution >= 4 is 27.0 Å². The SMILES string of the molecule is Cn1cc(-c2cc3c(Br)ccnc3[nH]2)cn1. The van der Waals surface area contributed by atoms with E-state index >= 15 is 0 Å². The Hall–Kier alpha value is -1.62. The average Bonchev–Trinajstić information content (AvgIpc) is 2.84. The molecule has 4 nitrogen and oxygen atoms in total. The van der Waals surface area contributed by atoms with Crippen LogP contribution in [-0.2, 0) is 7.05 Å². The Labute approximate surface area is 100 Å². The highest BCUT2D eigenvalue weighted by molar-refractivity contribution is 9.10. The van der Waals surface area contributed by atoms with Crippen molar-refractivity contribution in [3.63, 3.8) is 0 Å². The molecule has 3 aromatic rings. The maximum Gasteiger partial charge on any atom is 0.138 e. The van der Waals surface area contributed by atoms with E-state index in [0.29, 0.717) is 0 Å². The van der Waals surface area contributed by atoms with Crippen molar-refractivity contribution in [1.29, 1.82) is 0 Å². The van der Waals surface area contributed by atoms with Crippen LogP contribution in [0, 0.1) is 0 Å². The second kappa shape index (κ2) is 3.45. The number of aromatic nitrogens is 4. The van der Waals surface area contributed by atoms with Gasteiger partial charge in [-0.05, 0) is 28.1 Å². The Kier molecular flexibility index (Phi) is 2.07. The molecule has 0 spiro atoms. The van der Waals surface area contributed by atoms with Gasteiger partial charge in [0.15, 0.2) is 0 Å². The van der Waals surface area contributed by atoms with Crippen LogP contribution in [0.5, 0.6) is 0 Å². The standard InChI is InChI=1S/C11H9BrN4/c1-16-6-7(5-14-16)10-4-8-9(12)2-3-13-11(8)15-10/h2-6H,1H3,(H,13,15). The van der Waals surface area contributed by atoms with Crippen molar-refractivity contribution in [2.24, 2.45) is 7.05 Å². The molecule has 0 unspecified atom stereocenters. The fourth-order valence-corrected chi connectivity index (χ4v) is 2.13. The Morgan fingerprint density at radius 2 is 2.31 bits per heavy atom. The van der Waals surface area contributed by atoms with E-state index in [1.54, 1.807) is 10.9 Å². The van der Waals surface area contributed by atoms with Crippen LogP contribution < -0.4 is 0 Å². The van der Waals surface area contributed by atoms with Gasteiger partial charge in [-0.25, -0.2) is 4.98 Å². The van der Waals surface area contributed by atoms with E-state index in [9.17, 15) is 0 Å². The van der Waals surface area contributed by atoms with Crippen LogP contribution in [0.2, 0.25) is 0 Å². The predicted molar refractivity (Wildman–Crippen MR) is 66.0 cm³/mol. The fraction of sp³-hybridized carbons (Fsp3) is 0.0909. The lowest BCUT2D eigenvalue weighted by Gasteiger charge is -1.89. The zero-order valence-electron chi connectivity index (χ0n) is 8.61. The molecule has 0 saturated heterocycles. The molecule has 0 amide bonds. The molecule has 0 bridgehead atoms. The van der Waals surface area contributed by atoms with Gasteiger partial charge in [0.1, 0.15) is 5.65 Å². The average molecular weight is 277 g/mol. The van der Waals surface area contributed by atoms with E-state index in [0.717, 1.165) is 26.8 Å². The number of fused-ring (bicyclic) bond motifs is 1. The van der Waals surface area contributed by atoms with Crippen molar-refractivity contribution in [2.45, 2.75) is 0 Å². The monoisotopic (exact) mass is 276 g/mol. The summed E-state index contributed by atoms with van der Waals surface area (Å²) in [5.41, 5.74) is 2.98. The highest BCUT2D eigenvalue weighted by Gasteiger charge is 2.07. The molecule has 0 fully saturated rings. The first kappa shape index (κ1) is 9.59. The minimum atomic E-state index is 0.883. The second-order valence-electron chi connectivity index (χ2n) is 3.64. The fourth-order valence-electron chi connectivity index (χ4n) is 1.71. The number of nitrogens with zero attached hydrogens (tertiary/aromatic N) is 3. The summed E-state index contributed by atoms with van der Waals surface area (Å²) in [5.74, 6) is 0. The molecular formula is C11H9BrN4. The summed E-state index contributed by atoms with van der Waals surface area (Å²) < 4.78 is 2.83. The van der Waals surface area contributed by atoms with E-state index in [-0.39, 0.29) is 0 Å². The highest BCUT2D eigenvalue weighted by Crippen LogP contribution is 2.27. The lowest BCUT2D eigenvalue weighted by Crippen LogP contribution is -1.84. The van der Waals surface area contributed by atoms with Crippen LogP contribution in [0.3, 0.4) is 0 Å². The Balaban J connectivity index is 2.22. The molecule has 3 heterocycles. The van der Waals surface area contributed by atoms with Gasteiger partial charge in [-0.3, -0.25) is 4.68 Å². The molecule has 0 aromatic carbocycles. The number of halogens is 1. The Morgan fingerprint density at radius 1 is 1.44 bits per heavy atom. The zero-order valence-corrected chi connectivity index (χ0v) is 10.2. The summed E-state index contributed by atoms with van der Waals surface area (Å²) in [7, 11) is 1.90. The topological polar surface area (TPSA) is 46.5 Å². The van der Waals surface area contributed by atoms with Crippen LogP contribution in [0.1, 0.15) is 0 Å². The van der Waals surface area contributed by atoms with Crippen molar-refractivity contribution in [3.8, 4) is 11.3 Å². The van der Waals surface area contributed by atoms with E-state index in [2.05, 4.69) is 37.1 Å². The lowest BCUT2D eigenvalue weighted by molar-refractivity contribution is 0.768. The Morgan fingerprint density at radius 3 is 3.00 bits per heavy atom. The minimum Gasteiger partial charge on any atom is -0.339 e. The summed E-state index contributed by atoms with van der Waals surface area (Å²) in [6.45, 7) is 0. The summed E-state index contributed by atoms with van der Waals surface area (Å²) in [5, 5.41) is 5.23. The van der Waals surface area contributed by atoms with E-state index < -0.39 is 0 Å². The van der Waals surface area contributed by atoms with Crippen molar-refractivity contribution in [2.75, 3.05) is 0 Å². The molecular weight excluding hydrogens is 268 g/mol. The number of aromatic amines is 1. The molecule has 0 aliphatic carbocycles. The molecule has 3 aromatic heterocycles. The normalized spacial score (nSPS) is 11.1. The number of hydrogen-bond donors (Lipinski definition) is 1. The first-order valence-electron chi connectivity index (χ1n) is 4.86. The van der Waals surface area contributed by atoms with Gasteiger partial charge in [0.05, 0.1) is 11.9 Å². The van der Waals surface area contributed by atoms with Crippen molar-refractivity contribution in [3.05, 3.63) is 35.2 Å². The molecule has 1 N–H and O–H groups in total. The molecule has 3 rings (SSSR count). The largest absolute Gasteiger partial charge is 0.339 e. The van der Waals surface area contributed by atoms with Gasteiger partial charge in [0.2, 0.25) is 0 Å². The third-order valence-corrected chi connectivity index (χ3v) is 3.19. The van der Waals surface area contributed by atoms with Gasteiger partial charge in [0, 0.05) is 34.9 Å².